The Kier molecular flexibility index (Phi) is 5.32. The van der Waals surface area contributed by atoms with Crippen LogP contribution in [0.25, 0.3) is 11.3 Å². The zero-order valence-corrected chi connectivity index (χ0v) is 14.9. The summed E-state index contributed by atoms with van der Waals surface area (Å²) in [5.41, 5.74) is -1.41. The lowest BCUT2D eigenvalue weighted by Gasteiger charge is -2.09. The molecular formula is C17H10F3N5O2S. The fourth-order valence-corrected chi connectivity index (χ4v) is 2.60. The number of aromatic amines is 1. The molecule has 0 radical (unpaired) electrons. The van der Waals surface area contributed by atoms with Gasteiger partial charge in [0, 0.05) is 11.8 Å². The Bertz CT molecular complexity index is 1120. The van der Waals surface area contributed by atoms with Crippen LogP contribution < -0.4 is 10.3 Å². The number of rotatable bonds is 4. The number of alkyl halides is 3. The van der Waals surface area contributed by atoms with Gasteiger partial charge in [-0.15, -0.1) is 0 Å². The average molecular weight is 405 g/mol. The Morgan fingerprint density at radius 1 is 1.25 bits per heavy atom. The number of halogens is 3. The summed E-state index contributed by atoms with van der Waals surface area (Å²) < 4.78 is 43.6. The van der Waals surface area contributed by atoms with Crippen molar-refractivity contribution in [2.75, 3.05) is 6.26 Å². The monoisotopic (exact) mass is 405 g/mol. The highest BCUT2D eigenvalue weighted by Crippen LogP contribution is 2.30. The second kappa shape index (κ2) is 7.69. The highest BCUT2D eigenvalue weighted by molar-refractivity contribution is 7.98. The number of aromatic nitrogens is 4. The summed E-state index contributed by atoms with van der Waals surface area (Å²) in [5.74, 6) is 0.119. The van der Waals surface area contributed by atoms with Crippen molar-refractivity contribution in [2.45, 2.75) is 11.3 Å². The molecule has 0 unspecified atom stereocenters. The van der Waals surface area contributed by atoms with Crippen molar-refractivity contribution >= 4 is 11.8 Å². The van der Waals surface area contributed by atoms with Crippen LogP contribution in [0.5, 0.6) is 11.8 Å². The van der Waals surface area contributed by atoms with Crippen LogP contribution in [0.4, 0.5) is 13.2 Å². The van der Waals surface area contributed by atoms with Crippen LogP contribution in [-0.4, -0.2) is 26.2 Å². The number of hydrogen-bond acceptors (Lipinski definition) is 7. The number of nitrogens with one attached hydrogen (secondary N) is 1. The van der Waals surface area contributed by atoms with Crippen LogP contribution in [0.1, 0.15) is 11.3 Å². The van der Waals surface area contributed by atoms with Crippen molar-refractivity contribution in [3.05, 3.63) is 58.1 Å². The van der Waals surface area contributed by atoms with Gasteiger partial charge in [-0.3, -0.25) is 4.79 Å². The lowest BCUT2D eigenvalue weighted by Crippen LogP contribution is -2.14. The normalized spacial score (nSPS) is 11.1. The highest BCUT2D eigenvalue weighted by atomic mass is 32.2. The van der Waals surface area contributed by atoms with Crippen molar-refractivity contribution in [1.82, 2.24) is 19.9 Å². The third-order valence-electron chi connectivity index (χ3n) is 3.44. The fraction of sp³-hybridized carbons (Fsp3) is 0.118. The highest BCUT2D eigenvalue weighted by Gasteiger charge is 2.33. The first kappa shape index (κ1) is 19.4. The lowest BCUT2D eigenvalue weighted by molar-refractivity contribution is -0.141. The first-order valence-corrected chi connectivity index (χ1v) is 8.81. The topological polar surface area (TPSA) is 105 Å². The molecule has 28 heavy (non-hydrogen) atoms. The zero-order chi connectivity index (χ0) is 20.3. The molecule has 0 atom stereocenters. The van der Waals surface area contributed by atoms with Crippen LogP contribution in [-0.2, 0) is 6.18 Å². The largest absolute Gasteiger partial charge is 0.433 e. The lowest BCUT2D eigenvalue weighted by atomic mass is 10.1. The molecule has 0 aliphatic rings. The summed E-state index contributed by atoms with van der Waals surface area (Å²) in [6, 6.07) is 8.07. The van der Waals surface area contributed by atoms with Gasteiger partial charge in [0.2, 0.25) is 0 Å². The number of nitriles is 1. The number of ether oxygens (including phenoxy) is 1. The molecule has 3 rings (SSSR count). The molecule has 0 aliphatic carbocycles. The van der Waals surface area contributed by atoms with Crippen LogP contribution in [0.3, 0.4) is 0 Å². The molecule has 0 bridgehead atoms. The Hall–Kier alpha value is -3.39. The first-order chi connectivity index (χ1) is 13.3. The molecule has 7 nitrogen and oxygen atoms in total. The molecule has 1 aromatic carbocycles. The third kappa shape index (κ3) is 4.12. The zero-order valence-electron chi connectivity index (χ0n) is 14.1. The van der Waals surface area contributed by atoms with E-state index in [4.69, 9.17) is 4.74 Å². The summed E-state index contributed by atoms with van der Waals surface area (Å²) in [5, 5.41) is 9.57. The summed E-state index contributed by atoms with van der Waals surface area (Å²) >= 11 is 1.19. The van der Waals surface area contributed by atoms with E-state index < -0.39 is 23.4 Å². The van der Waals surface area contributed by atoms with Crippen LogP contribution in [0, 0.1) is 11.3 Å². The minimum absolute atomic E-state index is 0.119. The summed E-state index contributed by atoms with van der Waals surface area (Å²) in [7, 11) is 0. The number of hydrogen-bond donors (Lipinski definition) is 1. The van der Waals surface area contributed by atoms with Crippen LogP contribution >= 0.6 is 11.8 Å². The summed E-state index contributed by atoms with van der Waals surface area (Å²) in [6.45, 7) is 0. The van der Waals surface area contributed by atoms with E-state index in [1.807, 2.05) is 0 Å². The van der Waals surface area contributed by atoms with Gasteiger partial charge in [-0.05, 0) is 24.5 Å². The summed E-state index contributed by atoms with van der Waals surface area (Å²) in [4.78, 5) is 25.8. The van der Waals surface area contributed by atoms with E-state index >= 15 is 0 Å². The van der Waals surface area contributed by atoms with Crippen molar-refractivity contribution in [1.29, 1.82) is 5.26 Å². The van der Waals surface area contributed by atoms with E-state index in [9.17, 15) is 23.2 Å². The van der Waals surface area contributed by atoms with E-state index in [1.165, 1.54) is 23.9 Å². The Labute approximate surface area is 160 Å². The molecule has 2 aromatic heterocycles. The van der Waals surface area contributed by atoms with Gasteiger partial charge >= 0.3 is 12.2 Å². The van der Waals surface area contributed by atoms with Crippen molar-refractivity contribution in [3.8, 4) is 29.1 Å². The molecule has 142 valence electrons. The molecule has 0 amide bonds. The number of H-pyrrole nitrogens is 1. The second-order valence-corrected chi connectivity index (χ2v) is 6.06. The van der Waals surface area contributed by atoms with Gasteiger partial charge in [-0.2, -0.15) is 23.4 Å². The van der Waals surface area contributed by atoms with Crippen molar-refractivity contribution in [2.24, 2.45) is 0 Å². The van der Waals surface area contributed by atoms with E-state index in [1.54, 1.807) is 24.5 Å². The average Bonchev–Trinajstić information content (AvgIpc) is 2.67. The molecule has 2 heterocycles. The third-order valence-corrected chi connectivity index (χ3v) is 4.02. The Morgan fingerprint density at radius 2 is 2.04 bits per heavy atom. The molecule has 0 saturated carbocycles. The van der Waals surface area contributed by atoms with Gasteiger partial charge in [-0.25, -0.2) is 9.97 Å². The van der Waals surface area contributed by atoms with E-state index in [0.717, 1.165) is 12.3 Å². The molecule has 0 fully saturated rings. The molecule has 0 spiro atoms. The van der Waals surface area contributed by atoms with Gasteiger partial charge in [0.05, 0.1) is 5.69 Å². The van der Waals surface area contributed by atoms with E-state index in [0.29, 0.717) is 10.7 Å². The van der Waals surface area contributed by atoms with E-state index in [-0.39, 0.29) is 17.0 Å². The van der Waals surface area contributed by atoms with Gasteiger partial charge in [0.25, 0.3) is 5.56 Å². The minimum Gasteiger partial charge on any atom is -0.424 e. The molecule has 1 N–H and O–H groups in total. The number of nitrogens with zero attached hydrogens (tertiary/aromatic N) is 4. The summed E-state index contributed by atoms with van der Waals surface area (Å²) in [6.07, 6.45) is -1.99. The number of benzene rings is 1. The van der Waals surface area contributed by atoms with Crippen LogP contribution in [0.2, 0.25) is 0 Å². The van der Waals surface area contributed by atoms with Gasteiger partial charge < -0.3 is 9.72 Å². The second-order valence-electron chi connectivity index (χ2n) is 5.26. The Morgan fingerprint density at radius 3 is 2.71 bits per heavy atom. The van der Waals surface area contributed by atoms with Gasteiger partial charge in [-0.1, -0.05) is 23.9 Å². The molecule has 0 saturated heterocycles. The molecular weight excluding hydrogens is 395 g/mol. The standard InChI is InChI=1S/C17H10F3N5O2S/c1-28-16-24-13(11(8-21)14(26)25-16)9-3-2-4-10(7-9)27-15-22-6-5-12(23-15)17(18,19)20/h2-7H,1H3,(H,24,25,26). The van der Waals surface area contributed by atoms with E-state index in [2.05, 4.69) is 19.9 Å². The van der Waals surface area contributed by atoms with Gasteiger partial charge in [0.15, 0.2) is 10.9 Å². The van der Waals surface area contributed by atoms with Gasteiger partial charge in [0.1, 0.15) is 17.4 Å². The first-order valence-electron chi connectivity index (χ1n) is 7.58. The maximum atomic E-state index is 12.8. The predicted octanol–water partition coefficient (Wildman–Crippen LogP) is 3.63. The predicted molar refractivity (Wildman–Crippen MR) is 93.9 cm³/mol. The molecule has 0 aliphatic heterocycles. The fourth-order valence-electron chi connectivity index (χ4n) is 2.22. The minimum atomic E-state index is -4.63. The van der Waals surface area contributed by atoms with Crippen molar-refractivity contribution in [3.63, 3.8) is 0 Å². The SMILES string of the molecule is CSc1nc(-c2cccc(Oc3nccc(C(F)(F)F)n3)c2)c(C#N)c(=O)[nH]1. The van der Waals surface area contributed by atoms with Crippen LogP contribution in [0.15, 0.2) is 46.5 Å². The maximum absolute atomic E-state index is 12.8. The number of thioether (sulfide) groups is 1. The van der Waals surface area contributed by atoms with Crippen molar-refractivity contribution < 1.29 is 17.9 Å². The maximum Gasteiger partial charge on any atom is 0.433 e. The molecule has 11 heteroatoms. The Balaban J connectivity index is 2.00. The smallest absolute Gasteiger partial charge is 0.424 e. The molecule has 3 aromatic rings. The quantitative estimate of drug-likeness (QED) is 0.522.